The van der Waals surface area contributed by atoms with Crippen LogP contribution in [0.2, 0.25) is 20.1 Å². The van der Waals surface area contributed by atoms with E-state index in [2.05, 4.69) is 15.8 Å². The van der Waals surface area contributed by atoms with Gasteiger partial charge in [0, 0.05) is 5.56 Å². The van der Waals surface area contributed by atoms with Crippen LogP contribution >= 0.6 is 46.4 Å². The number of nitrogens with one attached hydrogen (secondary N) is 2. The first kappa shape index (κ1) is 27.3. The Morgan fingerprint density at radius 3 is 2.11 bits per heavy atom. The maximum atomic E-state index is 12.4. The van der Waals surface area contributed by atoms with Gasteiger partial charge in [0.05, 0.1) is 45.5 Å². The Kier molecular flexibility index (Phi) is 9.55. The minimum atomic E-state index is -0.650. The van der Waals surface area contributed by atoms with E-state index in [0.717, 1.165) is 0 Å². The van der Waals surface area contributed by atoms with Crippen LogP contribution in [0.1, 0.15) is 26.3 Å². The number of hydrogen-bond donors (Lipinski definition) is 2. The van der Waals surface area contributed by atoms with Crippen LogP contribution in [0.3, 0.4) is 0 Å². The number of rotatable bonds is 8. The van der Waals surface area contributed by atoms with Gasteiger partial charge in [0.15, 0.2) is 11.5 Å². The van der Waals surface area contributed by atoms with Gasteiger partial charge >= 0.3 is 5.97 Å². The molecule has 0 bridgehead atoms. The molecule has 0 aliphatic heterocycles. The summed E-state index contributed by atoms with van der Waals surface area (Å²) >= 11 is 23.5. The number of nitrogens with zero attached hydrogens (tertiary/aromatic N) is 1. The highest BCUT2D eigenvalue weighted by molar-refractivity contribution is 6.42. The van der Waals surface area contributed by atoms with Gasteiger partial charge in [-0.1, -0.05) is 46.4 Å². The molecule has 0 aliphatic carbocycles. The number of carbonyl (C=O) groups excluding carboxylic acids is 3. The Bertz CT molecular complexity index is 1350. The molecule has 2 amide bonds. The van der Waals surface area contributed by atoms with E-state index in [1.807, 2.05) is 0 Å². The van der Waals surface area contributed by atoms with Crippen molar-refractivity contribution < 1.29 is 23.9 Å². The molecule has 0 unspecified atom stereocenters. The number of carbonyl (C=O) groups is 3. The first-order chi connectivity index (χ1) is 17.2. The van der Waals surface area contributed by atoms with Crippen molar-refractivity contribution in [1.29, 1.82) is 0 Å². The standard InChI is InChI=1S/C24H17Cl4N3O5/c1-35-21-8-13(2-7-20(21)36-24(34)15-4-6-17(26)19(28)10-15)11-30-31-22(32)12-29-23(33)14-3-5-16(25)18(27)9-14/h2-11H,12H2,1H3,(H,29,33)(H,31,32)/b30-11-. The highest BCUT2D eigenvalue weighted by Gasteiger charge is 2.14. The molecular weight excluding hydrogens is 552 g/mol. The Hall–Kier alpha value is -3.30. The predicted octanol–water partition coefficient (Wildman–Crippen LogP) is 5.41. The second kappa shape index (κ2) is 12.6. The molecule has 0 saturated carbocycles. The monoisotopic (exact) mass is 567 g/mol. The molecule has 0 spiro atoms. The van der Waals surface area contributed by atoms with Gasteiger partial charge in [-0.2, -0.15) is 5.10 Å². The van der Waals surface area contributed by atoms with Gasteiger partial charge in [-0.3, -0.25) is 9.59 Å². The van der Waals surface area contributed by atoms with Gasteiger partial charge in [0.2, 0.25) is 0 Å². The highest BCUT2D eigenvalue weighted by atomic mass is 35.5. The summed E-state index contributed by atoms with van der Waals surface area (Å²) < 4.78 is 10.7. The molecule has 3 aromatic carbocycles. The van der Waals surface area contributed by atoms with E-state index in [1.54, 1.807) is 12.1 Å². The molecule has 8 nitrogen and oxygen atoms in total. The third-order valence-corrected chi connectivity index (χ3v) is 6.02. The fourth-order valence-electron chi connectivity index (χ4n) is 2.75. The van der Waals surface area contributed by atoms with Gasteiger partial charge < -0.3 is 14.8 Å². The van der Waals surface area contributed by atoms with Gasteiger partial charge in [0.25, 0.3) is 11.8 Å². The largest absolute Gasteiger partial charge is 0.493 e. The molecule has 0 heterocycles. The number of methoxy groups -OCH3 is 1. The van der Waals surface area contributed by atoms with E-state index >= 15 is 0 Å². The Balaban J connectivity index is 1.55. The molecule has 2 N–H and O–H groups in total. The number of amides is 2. The van der Waals surface area contributed by atoms with Crippen LogP contribution in [-0.4, -0.2) is 37.7 Å². The van der Waals surface area contributed by atoms with Crippen LogP contribution in [0.25, 0.3) is 0 Å². The Labute approximate surface area is 226 Å². The fourth-order valence-corrected chi connectivity index (χ4v) is 3.35. The first-order valence-corrected chi connectivity index (χ1v) is 11.6. The summed E-state index contributed by atoms with van der Waals surface area (Å²) in [4.78, 5) is 36.5. The van der Waals surface area contributed by atoms with E-state index < -0.39 is 17.8 Å². The van der Waals surface area contributed by atoms with E-state index in [0.29, 0.717) is 15.6 Å². The van der Waals surface area contributed by atoms with Gasteiger partial charge in [-0.25, -0.2) is 10.2 Å². The summed E-state index contributed by atoms with van der Waals surface area (Å²) in [6.45, 7) is -0.316. The average molecular weight is 569 g/mol. The number of esters is 1. The molecule has 0 saturated heterocycles. The van der Waals surface area contributed by atoms with E-state index in [9.17, 15) is 14.4 Å². The maximum absolute atomic E-state index is 12.4. The van der Waals surface area contributed by atoms with Crippen molar-refractivity contribution in [2.24, 2.45) is 5.10 Å². The summed E-state index contributed by atoms with van der Waals surface area (Å²) in [6, 6.07) is 13.4. The maximum Gasteiger partial charge on any atom is 0.343 e. The average Bonchev–Trinajstić information content (AvgIpc) is 2.86. The quantitative estimate of drug-likeness (QED) is 0.164. The minimum absolute atomic E-state index is 0.166. The summed E-state index contributed by atoms with van der Waals surface area (Å²) in [5, 5.41) is 7.37. The normalized spacial score (nSPS) is 10.7. The van der Waals surface area contributed by atoms with Crippen molar-refractivity contribution in [3.05, 3.63) is 91.4 Å². The van der Waals surface area contributed by atoms with E-state index in [-0.39, 0.29) is 39.2 Å². The number of benzene rings is 3. The van der Waals surface area contributed by atoms with E-state index in [1.165, 1.54) is 55.8 Å². The third-order valence-electron chi connectivity index (χ3n) is 4.54. The molecule has 36 heavy (non-hydrogen) atoms. The molecular formula is C24H17Cl4N3O5. The van der Waals surface area contributed by atoms with Crippen LogP contribution < -0.4 is 20.2 Å². The SMILES string of the molecule is COc1cc(/C=N\NC(=O)CNC(=O)c2ccc(Cl)c(Cl)c2)ccc1OC(=O)c1ccc(Cl)c(Cl)c1. The van der Waals surface area contributed by atoms with Gasteiger partial charge in [-0.05, 0) is 60.2 Å². The zero-order chi connectivity index (χ0) is 26.2. The number of halogens is 4. The second-order valence-electron chi connectivity index (χ2n) is 7.03. The minimum Gasteiger partial charge on any atom is -0.493 e. The van der Waals surface area contributed by atoms with Crippen LogP contribution in [0.15, 0.2) is 59.7 Å². The highest BCUT2D eigenvalue weighted by Crippen LogP contribution is 2.29. The molecule has 0 aromatic heterocycles. The number of hydrogen-bond acceptors (Lipinski definition) is 6. The summed E-state index contributed by atoms with van der Waals surface area (Å²) in [7, 11) is 1.41. The lowest BCUT2D eigenvalue weighted by Crippen LogP contribution is -2.34. The molecule has 0 atom stereocenters. The molecule has 3 aromatic rings. The topological polar surface area (TPSA) is 106 Å². The molecule has 3 rings (SSSR count). The van der Waals surface area contributed by atoms with Crippen LogP contribution in [0.5, 0.6) is 11.5 Å². The molecule has 12 heteroatoms. The number of hydrazone groups is 1. The van der Waals surface area contributed by atoms with Crippen molar-refractivity contribution in [2.45, 2.75) is 0 Å². The summed E-state index contributed by atoms with van der Waals surface area (Å²) in [5.74, 6) is -1.28. The van der Waals surface area contributed by atoms with Crippen molar-refractivity contribution in [3.8, 4) is 11.5 Å². The van der Waals surface area contributed by atoms with Crippen molar-refractivity contribution >= 4 is 70.4 Å². The smallest absolute Gasteiger partial charge is 0.343 e. The van der Waals surface area contributed by atoms with E-state index in [4.69, 9.17) is 55.9 Å². The Morgan fingerprint density at radius 1 is 0.833 bits per heavy atom. The number of ether oxygens (including phenoxy) is 2. The summed E-state index contributed by atoms with van der Waals surface area (Å²) in [6.07, 6.45) is 1.35. The molecule has 0 radical (unpaired) electrons. The zero-order valence-corrected chi connectivity index (χ0v) is 21.5. The molecule has 0 aliphatic rings. The summed E-state index contributed by atoms with van der Waals surface area (Å²) in [5.41, 5.74) is 3.31. The van der Waals surface area contributed by atoms with Crippen LogP contribution in [0.4, 0.5) is 0 Å². The predicted molar refractivity (Wildman–Crippen MR) is 139 cm³/mol. The van der Waals surface area contributed by atoms with Crippen molar-refractivity contribution in [2.75, 3.05) is 13.7 Å². The molecule has 186 valence electrons. The fraction of sp³-hybridized carbons (Fsp3) is 0.0833. The molecule has 0 fully saturated rings. The lowest BCUT2D eigenvalue weighted by molar-refractivity contribution is -0.120. The first-order valence-electron chi connectivity index (χ1n) is 10.1. The van der Waals surface area contributed by atoms with Crippen LogP contribution in [-0.2, 0) is 4.79 Å². The third kappa shape index (κ3) is 7.35. The zero-order valence-electron chi connectivity index (χ0n) is 18.5. The van der Waals surface area contributed by atoms with Gasteiger partial charge in [-0.15, -0.1) is 0 Å². The van der Waals surface area contributed by atoms with Crippen molar-refractivity contribution in [1.82, 2.24) is 10.7 Å². The van der Waals surface area contributed by atoms with Gasteiger partial charge in [0.1, 0.15) is 0 Å². The lowest BCUT2D eigenvalue weighted by Gasteiger charge is -2.10. The lowest BCUT2D eigenvalue weighted by atomic mass is 10.2. The van der Waals surface area contributed by atoms with Crippen molar-refractivity contribution in [3.63, 3.8) is 0 Å². The van der Waals surface area contributed by atoms with Crippen LogP contribution in [0, 0.1) is 0 Å². The second-order valence-corrected chi connectivity index (χ2v) is 8.66. The Morgan fingerprint density at radius 2 is 1.47 bits per heavy atom.